The Morgan fingerprint density at radius 2 is 1.81 bits per heavy atom. The molecule has 0 saturated heterocycles. The van der Waals surface area contributed by atoms with E-state index in [4.69, 9.17) is 17.3 Å². The standard InChI is InChI=1S/C13H11ClF2N2O2S/c14-10-5-8(1-3-11(10)15)7-18-21(19,20)13-4-2-9(17)6-12(13)16/h1-6,18H,7,17H2. The fraction of sp³-hybridized carbons (Fsp3) is 0.0769. The molecule has 3 N–H and O–H groups in total. The maximum atomic E-state index is 13.6. The first-order valence-corrected chi connectivity index (χ1v) is 7.64. The van der Waals surface area contributed by atoms with Crippen molar-refractivity contribution >= 4 is 27.3 Å². The maximum Gasteiger partial charge on any atom is 0.243 e. The van der Waals surface area contributed by atoms with Crippen molar-refractivity contribution in [3.05, 3.63) is 58.6 Å². The second-order valence-electron chi connectivity index (χ2n) is 4.26. The van der Waals surface area contributed by atoms with E-state index < -0.39 is 26.6 Å². The summed E-state index contributed by atoms with van der Waals surface area (Å²) < 4.78 is 52.8. The lowest BCUT2D eigenvalue weighted by atomic mass is 10.2. The summed E-state index contributed by atoms with van der Waals surface area (Å²) in [5, 5.41) is -0.120. The topological polar surface area (TPSA) is 72.2 Å². The molecule has 0 aliphatic heterocycles. The Morgan fingerprint density at radius 1 is 1.10 bits per heavy atom. The van der Waals surface area contributed by atoms with Crippen LogP contribution in [0.1, 0.15) is 5.56 Å². The number of nitrogens with one attached hydrogen (secondary N) is 1. The van der Waals surface area contributed by atoms with Crippen molar-refractivity contribution in [3.63, 3.8) is 0 Å². The van der Waals surface area contributed by atoms with E-state index in [-0.39, 0.29) is 17.3 Å². The van der Waals surface area contributed by atoms with Gasteiger partial charge < -0.3 is 5.73 Å². The molecule has 4 nitrogen and oxygen atoms in total. The molecule has 2 aromatic carbocycles. The minimum absolute atomic E-state index is 0.120. The van der Waals surface area contributed by atoms with Crippen LogP contribution in [0.5, 0.6) is 0 Å². The smallest absolute Gasteiger partial charge is 0.243 e. The van der Waals surface area contributed by atoms with Crippen molar-refractivity contribution in [1.82, 2.24) is 4.72 Å². The minimum Gasteiger partial charge on any atom is -0.399 e. The molecule has 0 amide bonds. The number of anilines is 1. The minimum atomic E-state index is -4.05. The monoisotopic (exact) mass is 332 g/mol. The second-order valence-corrected chi connectivity index (χ2v) is 6.41. The van der Waals surface area contributed by atoms with Gasteiger partial charge >= 0.3 is 0 Å². The molecule has 2 aromatic rings. The van der Waals surface area contributed by atoms with E-state index >= 15 is 0 Å². The van der Waals surface area contributed by atoms with Crippen LogP contribution < -0.4 is 10.5 Å². The lowest BCUT2D eigenvalue weighted by molar-refractivity contribution is 0.557. The van der Waals surface area contributed by atoms with Crippen LogP contribution in [0, 0.1) is 11.6 Å². The first kappa shape index (κ1) is 15.7. The number of nitrogens with two attached hydrogens (primary N) is 1. The average molecular weight is 333 g/mol. The van der Waals surface area contributed by atoms with Crippen LogP contribution in [0.2, 0.25) is 5.02 Å². The number of nitrogen functional groups attached to an aromatic ring is 1. The van der Waals surface area contributed by atoms with E-state index in [1.54, 1.807) is 0 Å². The summed E-state index contributed by atoms with van der Waals surface area (Å²) >= 11 is 5.60. The Labute approximate surface area is 125 Å². The maximum absolute atomic E-state index is 13.6. The van der Waals surface area contributed by atoms with Gasteiger partial charge in [-0.3, -0.25) is 0 Å². The predicted octanol–water partition coefficient (Wildman–Crippen LogP) is 2.68. The molecule has 0 saturated carbocycles. The molecule has 0 radical (unpaired) electrons. The van der Waals surface area contributed by atoms with Gasteiger partial charge in [0.15, 0.2) is 0 Å². The highest BCUT2D eigenvalue weighted by Crippen LogP contribution is 2.19. The van der Waals surface area contributed by atoms with Gasteiger partial charge in [-0.25, -0.2) is 21.9 Å². The third-order valence-corrected chi connectivity index (χ3v) is 4.42. The molecule has 0 unspecified atom stereocenters. The largest absolute Gasteiger partial charge is 0.399 e. The Morgan fingerprint density at radius 3 is 2.43 bits per heavy atom. The summed E-state index contributed by atoms with van der Waals surface area (Å²) in [6.45, 7) is -0.147. The number of hydrogen-bond donors (Lipinski definition) is 2. The first-order valence-electron chi connectivity index (χ1n) is 5.78. The van der Waals surface area contributed by atoms with E-state index in [2.05, 4.69) is 4.72 Å². The van der Waals surface area contributed by atoms with Crippen molar-refractivity contribution in [2.45, 2.75) is 11.4 Å². The van der Waals surface area contributed by atoms with Crippen LogP contribution in [-0.2, 0) is 16.6 Å². The summed E-state index contributed by atoms with van der Waals surface area (Å²) in [7, 11) is -4.05. The Balaban J connectivity index is 2.19. The predicted molar refractivity (Wildman–Crippen MR) is 76.2 cm³/mol. The van der Waals surface area contributed by atoms with Crippen molar-refractivity contribution in [3.8, 4) is 0 Å². The Kier molecular flexibility index (Phi) is 4.46. The zero-order chi connectivity index (χ0) is 15.6. The highest BCUT2D eigenvalue weighted by Gasteiger charge is 2.18. The van der Waals surface area contributed by atoms with E-state index in [1.165, 1.54) is 18.2 Å². The number of sulfonamides is 1. The molecule has 0 aromatic heterocycles. The number of rotatable bonds is 4. The highest BCUT2D eigenvalue weighted by molar-refractivity contribution is 7.89. The van der Waals surface area contributed by atoms with Crippen LogP contribution in [0.4, 0.5) is 14.5 Å². The lowest BCUT2D eigenvalue weighted by Crippen LogP contribution is -2.24. The molecule has 0 aliphatic rings. The van der Waals surface area contributed by atoms with Gasteiger partial charge in [0.2, 0.25) is 10.0 Å². The fourth-order valence-corrected chi connectivity index (χ4v) is 2.92. The van der Waals surface area contributed by atoms with E-state index in [1.807, 2.05) is 0 Å². The summed E-state index contributed by atoms with van der Waals surface area (Å²) in [6, 6.07) is 7.07. The average Bonchev–Trinajstić information content (AvgIpc) is 2.40. The zero-order valence-electron chi connectivity index (χ0n) is 10.6. The van der Waals surface area contributed by atoms with Crippen molar-refractivity contribution in [2.24, 2.45) is 0 Å². The highest BCUT2D eigenvalue weighted by atomic mass is 35.5. The third kappa shape index (κ3) is 3.69. The van der Waals surface area contributed by atoms with Gasteiger partial charge in [0.1, 0.15) is 16.5 Å². The quantitative estimate of drug-likeness (QED) is 0.845. The second kappa shape index (κ2) is 5.97. The molecule has 0 spiro atoms. The normalized spacial score (nSPS) is 11.6. The summed E-state index contributed by atoms with van der Waals surface area (Å²) in [5.74, 6) is -1.55. The van der Waals surface area contributed by atoms with Gasteiger partial charge in [-0.15, -0.1) is 0 Å². The van der Waals surface area contributed by atoms with Crippen LogP contribution in [0.15, 0.2) is 41.3 Å². The molecule has 0 aliphatic carbocycles. The van der Waals surface area contributed by atoms with E-state index in [9.17, 15) is 17.2 Å². The zero-order valence-corrected chi connectivity index (χ0v) is 12.2. The SMILES string of the molecule is Nc1ccc(S(=O)(=O)NCc2ccc(F)c(Cl)c2)c(F)c1. The van der Waals surface area contributed by atoms with Gasteiger partial charge in [-0.2, -0.15) is 0 Å². The molecule has 112 valence electrons. The van der Waals surface area contributed by atoms with Crippen LogP contribution in [0.25, 0.3) is 0 Å². The number of hydrogen-bond acceptors (Lipinski definition) is 3. The van der Waals surface area contributed by atoms with Gasteiger partial charge in [0, 0.05) is 12.2 Å². The molecule has 21 heavy (non-hydrogen) atoms. The van der Waals surface area contributed by atoms with Crippen LogP contribution in [-0.4, -0.2) is 8.42 Å². The van der Waals surface area contributed by atoms with Crippen molar-refractivity contribution < 1.29 is 17.2 Å². The number of halogens is 3. The van der Waals surface area contributed by atoms with Gasteiger partial charge in [0.25, 0.3) is 0 Å². The first-order chi connectivity index (χ1) is 9.79. The Hall–Kier alpha value is -1.70. The summed E-state index contributed by atoms with van der Waals surface area (Å²) in [5.41, 5.74) is 5.93. The lowest BCUT2D eigenvalue weighted by Gasteiger charge is -2.08. The summed E-state index contributed by atoms with van der Waals surface area (Å²) in [4.78, 5) is -0.509. The van der Waals surface area contributed by atoms with Gasteiger partial charge in [0.05, 0.1) is 5.02 Å². The van der Waals surface area contributed by atoms with Crippen LogP contribution in [0.3, 0.4) is 0 Å². The van der Waals surface area contributed by atoms with Crippen molar-refractivity contribution in [2.75, 3.05) is 5.73 Å². The molecular formula is C13H11ClF2N2O2S. The fourth-order valence-electron chi connectivity index (χ4n) is 1.64. The van der Waals surface area contributed by atoms with E-state index in [0.29, 0.717) is 5.56 Å². The van der Waals surface area contributed by atoms with E-state index in [0.717, 1.165) is 18.2 Å². The van der Waals surface area contributed by atoms with Crippen molar-refractivity contribution in [1.29, 1.82) is 0 Å². The molecule has 0 bridgehead atoms. The van der Waals surface area contributed by atoms with Crippen LogP contribution >= 0.6 is 11.6 Å². The third-order valence-electron chi connectivity index (χ3n) is 2.70. The molecular weight excluding hydrogens is 322 g/mol. The number of benzene rings is 2. The molecule has 0 heterocycles. The molecule has 0 atom stereocenters. The molecule has 2 rings (SSSR count). The van der Waals surface area contributed by atoms with Gasteiger partial charge in [-0.1, -0.05) is 17.7 Å². The molecule has 0 fully saturated rings. The van der Waals surface area contributed by atoms with Gasteiger partial charge in [-0.05, 0) is 35.9 Å². The summed E-state index contributed by atoms with van der Waals surface area (Å²) in [6.07, 6.45) is 0. The Bertz CT molecular complexity index is 782. The molecule has 8 heteroatoms.